The SMILES string of the molecule is O=C(CSc1ccc(S(=O)(=O)N2CCCC2)cn1)c1ccc2c(c1)CCC2. The molecule has 5 nitrogen and oxygen atoms in total. The molecule has 0 spiro atoms. The van der Waals surface area contributed by atoms with Crippen molar-refractivity contribution in [2.24, 2.45) is 0 Å². The molecular weight excluding hydrogens is 380 g/mol. The van der Waals surface area contributed by atoms with Crippen LogP contribution in [0.5, 0.6) is 0 Å². The van der Waals surface area contributed by atoms with Crippen molar-refractivity contribution in [3.05, 3.63) is 53.2 Å². The zero-order chi connectivity index (χ0) is 18.9. The molecule has 0 amide bonds. The van der Waals surface area contributed by atoms with Gasteiger partial charge in [-0.1, -0.05) is 23.9 Å². The van der Waals surface area contributed by atoms with Gasteiger partial charge in [-0.2, -0.15) is 4.31 Å². The zero-order valence-electron chi connectivity index (χ0n) is 15.1. The van der Waals surface area contributed by atoms with Crippen molar-refractivity contribution in [1.29, 1.82) is 0 Å². The minimum absolute atomic E-state index is 0.0743. The summed E-state index contributed by atoms with van der Waals surface area (Å²) in [6.45, 7) is 1.15. The maximum Gasteiger partial charge on any atom is 0.244 e. The Bertz CT molecular complexity index is 950. The molecule has 1 fully saturated rings. The summed E-state index contributed by atoms with van der Waals surface area (Å²) in [5.74, 6) is 0.370. The Kier molecular flexibility index (Phi) is 5.34. The number of Topliss-reactive ketones (excluding diaryl/α,β-unsaturated/α-hetero) is 1. The van der Waals surface area contributed by atoms with E-state index in [-0.39, 0.29) is 10.7 Å². The van der Waals surface area contributed by atoms with E-state index in [1.54, 1.807) is 12.1 Å². The summed E-state index contributed by atoms with van der Waals surface area (Å²) in [5, 5.41) is 0.657. The quantitative estimate of drug-likeness (QED) is 0.548. The van der Waals surface area contributed by atoms with Gasteiger partial charge in [0.05, 0.1) is 10.8 Å². The largest absolute Gasteiger partial charge is 0.293 e. The number of rotatable bonds is 6. The Morgan fingerprint density at radius 1 is 1.04 bits per heavy atom. The highest BCUT2D eigenvalue weighted by atomic mass is 32.2. The summed E-state index contributed by atoms with van der Waals surface area (Å²) in [7, 11) is -3.44. The van der Waals surface area contributed by atoms with Gasteiger partial charge in [0.25, 0.3) is 0 Å². The van der Waals surface area contributed by atoms with Gasteiger partial charge in [-0.15, -0.1) is 0 Å². The highest BCUT2D eigenvalue weighted by Gasteiger charge is 2.27. The van der Waals surface area contributed by atoms with Crippen molar-refractivity contribution in [2.45, 2.75) is 42.0 Å². The van der Waals surface area contributed by atoms with E-state index in [0.29, 0.717) is 23.9 Å². The van der Waals surface area contributed by atoms with Gasteiger partial charge in [0.2, 0.25) is 10.0 Å². The first-order chi connectivity index (χ1) is 13.0. The van der Waals surface area contributed by atoms with E-state index >= 15 is 0 Å². The Labute approximate surface area is 164 Å². The fraction of sp³-hybridized carbons (Fsp3) is 0.400. The van der Waals surface area contributed by atoms with Crippen molar-refractivity contribution in [1.82, 2.24) is 9.29 Å². The number of hydrogen-bond donors (Lipinski definition) is 0. The number of pyridine rings is 1. The van der Waals surface area contributed by atoms with E-state index in [1.807, 2.05) is 12.1 Å². The summed E-state index contributed by atoms with van der Waals surface area (Å²) in [4.78, 5) is 16.9. The van der Waals surface area contributed by atoms with Crippen LogP contribution >= 0.6 is 11.8 Å². The lowest BCUT2D eigenvalue weighted by atomic mass is 10.0. The van der Waals surface area contributed by atoms with Gasteiger partial charge < -0.3 is 0 Å². The van der Waals surface area contributed by atoms with Crippen LogP contribution in [0.1, 0.15) is 40.7 Å². The molecular formula is C20H22N2O3S2. The number of aromatic nitrogens is 1. The van der Waals surface area contributed by atoms with Crippen LogP contribution in [0.4, 0.5) is 0 Å². The summed E-state index contributed by atoms with van der Waals surface area (Å²) < 4.78 is 26.5. The third-order valence-corrected chi connectivity index (χ3v) is 8.01. The van der Waals surface area contributed by atoms with Gasteiger partial charge in [-0.3, -0.25) is 4.79 Å². The summed E-state index contributed by atoms with van der Waals surface area (Å²) in [5.41, 5.74) is 3.40. The molecule has 1 aliphatic heterocycles. The van der Waals surface area contributed by atoms with Gasteiger partial charge in [0.1, 0.15) is 4.90 Å². The Balaban J connectivity index is 1.39. The average Bonchev–Trinajstić information content (AvgIpc) is 3.37. The molecule has 0 atom stereocenters. The number of hydrogen-bond acceptors (Lipinski definition) is 5. The second-order valence-corrected chi connectivity index (χ2v) is 9.93. The lowest BCUT2D eigenvalue weighted by Crippen LogP contribution is -2.27. The Hall–Kier alpha value is -1.70. The summed E-state index contributed by atoms with van der Waals surface area (Å²) in [6.07, 6.45) is 6.54. The number of benzene rings is 1. The van der Waals surface area contributed by atoms with Crippen LogP contribution < -0.4 is 0 Å². The molecule has 0 unspecified atom stereocenters. The van der Waals surface area contributed by atoms with Crippen LogP contribution in [-0.4, -0.2) is 42.3 Å². The second kappa shape index (κ2) is 7.73. The molecule has 142 valence electrons. The first-order valence-corrected chi connectivity index (χ1v) is 11.7. The summed E-state index contributed by atoms with van der Waals surface area (Å²) >= 11 is 1.34. The van der Waals surface area contributed by atoms with E-state index in [2.05, 4.69) is 11.1 Å². The molecule has 1 aromatic carbocycles. The molecule has 27 heavy (non-hydrogen) atoms. The van der Waals surface area contributed by atoms with E-state index in [1.165, 1.54) is 39.8 Å². The normalized spacial score (nSPS) is 17.2. The molecule has 2 aromatic rings. The van der Waals surface area contributed by atoms with Crippen LogP contribution in [0.3, 0.4) is 0 Å². The van der Waals surface area contributed by atoms with Crippen molar-refractivity contribution in [3.8, 4) is 0 Å². The third-order valence-electron chi connectivity index (χ3n) is 5.18. The van der Waals surface area contributed by atoms with Crippen LogP contribution in [0, 0.1) is 0 Å². The standard InChI is InChI=1S/C20H22N2O3S2/c23-19(17-7-6-15-4-3-5-16(15)12-17)14-26-20-9-8-18(13-21-20)27(24,25)22-10-1-2-11-22/h6-9,12-13H,1-5,10-11,14H2. The van der Waals surface area contributed by atoms with Crippen molar-refractivity contribution >= 4 is 27.6 Å². The number of ketones is 1. The average molecular weight is 403 g/mol. The highest BCUT2D eigenvalue weighted by molar-refractivity contribution is 7.99. The van der Waals surface area contributed by atoms with E-state index in [0.717, 1.165) is 31.2 Å². The fourth-order valence-electron chi connectivity index (χ4n) is 3.65. The van der Waals surface area contributed by atoms with E-state index in [4.69, 9.17) is 0 Å². The van der Waals surface area contributed by atoms with E-state index < -0.39 is 10.0 Å². The fourth-order valence-corrected chi connectivity index (χ4v) is 5.85. The molecule has 2 heterocycles. The lowest BCUT2D eigenvalue weighted by Gasteiger charge is -2.15. The van der Waals surface area contributed by atoms with E-state index in [9.17, 15) is 13.2 Å². The minimum Gasteiger partial charge on any atom is -0.293 e. The molecule has 1 saturated heterocycles. The van der Waals surface area contributed by atoms with Crippen LogP contribution in [0.15, 0.2) is 46.5 Å². The first-order valence-electron chi connectivity index (χ1n) is 9.28. The van der Waals surface area contributed by atoms with Gasteiger partial charge in [0, 0.05) is 24.8 Å². The number of carbonyl (C=O) groups is 1. The summed E-state index contributed by atoms with van der Waals surface area (Å²) in [6, 6.07) is 9.26. The molecule has 0 bridgehead atoms. The maximum absolute atomic E-state index is 12.5. The molecule has 0 saturated carbocycles. The van der Waals surface area contributed by atoms with Gasteiger partial charge in [0.15, 0.2) is 5.78 Å². The van der Waals surface area contributed by atoms with Gasteiger partial charge >= 0.3 is 0 Å². The van der Waals surface area contributed by atoms with Crippen molar-refractivity contribution in [2.75, 3.05) is 18.8 Å². The number of carbonyl (C=O) groups excluding carboxylic acids is 1. The Morgan fingerprint density at radius 3 is 2.56 bits per heavy atom. The van der Waals surface area contributed by atoms with Crippen molar-refractivity contribution in [3.63, 3.8) is 0 Å². The molecule has 7 heteroatoms. The molecule has 0 radical (unpaired) electrons. The Morgan fingerprint density at radius 2 is 1.81 bits per heavy atom. The third kappa shape index (κ3) is 3.95. The number of sulfonamides is 1. The van der Waals surface area contributed by atoms with Crippen LogP contribution in [0.2, 0.25) is 0 Å². The molecule has 1 aliphatic carbocycles. The zero-order valence-corrected chi connectivity index (χ0v) is 16.7. The number of nitrogens with zero attached hydrogens (tertiary/aromatic N) is 2. The molecule has 0 N–H and O–H groups in total. The van der Waals surface area contributed by atoms with Crippen LogP contribution in [0.25, 0.3) is 0 Å². The number of fused-ring (bicyclic) bond motifs is 1. The smallest absolute Gasteiger partial charge is 0.244 e. The highest BCUT2D eigenvalue weighted by Crippen LogP contribution is 2.25. The molecule has 4 rings (SSSR count). The van der Waals surface area contributed by atoms with Crippen LogP contribution in [-0.2, 0) is 22.9 Å². The minimum atomic E-state index is -3.44. The topological polar surface area (TPSA) is 67.3 Å². The molecule has 1 aromatic heterocycles. The van der Waals surface area contributed by atoms with Gasteiger partial charge in [-0.25, -0.2) is 13.4 Å². The molecule has 2 aliphatic rings. The van der Waals surface area contributed by atoms with Gasteiger partial charge in [-0.05, 0) is 61.4 Å². The number of aryl methyl sites for hydroxylation is 2. The van der Waals surface area contributed by atoms with Crippen molar-refractivity contribution < 1.29 is 13.2 Å². The predicted octanol–water partition coefficient (Wildman–Crippen LogP) is 3.33. The lowest BCUT2D eigenvalue weighted by molar-refractivity contribution is 0.102. The number of thioether (sulfide) groups is 1. The monoisotopic (exact) mass is 402 g/mol. The second-order valence-electron chi connectivity index (χ2n) is 6.99. The first kappa shape index (κ1) is 18.7. The maximum atomic E-state index is 12.5. The predicted molar refractivity (Wildman–Crippen MR) is 106 cm³/mol.